The number of carbonyl (C=O) groups is 1. The first-order valence-corrected chi connectivity index (χ1v) is 11.4. The minimum absolute atomic E-state index is 0. The van der Waals surface area contributed by atoms with Gasteiger partial charge in [0, 0.05) is 25.0 Å². The molecule has 0 bridgehead atoms. The van der Waals surface area contributed by atoms with Gasteiger partial charge in [0.25, 0.3) is 0 Å². The topological polar surface area (TPSA) is 92.5 Å². The molecular formula is C20H32ClN3O3S. The maximum atomic E-state index is 12.8. The fourth-order valence-corrected chi connectivity index (χ4v) is 5.67. The molecule has 1 saturated carbocycles. The Labute approximate surface area is 174 Å². The zero-order valence-corrected chi connectivity index (χ0v) is 18.1. The number of aryl methyl sites for hydroxylation is 1. The molecule has 2 fully saturated rings. The van der Waals surface area contributed by atoms with Gasteiger partial charge in [0.1, 0.15) is 0 Å². The van der Waals surface area contributed by atoms with Crippen LogP contribution in [0.3, 0.4) is 0 Å². The Hall–Kier alpha value is -1.15. The van der Waals surface area contributed by atoms with Crippen molar-refractivity contribution in [1.29, 1.82) is 0 Å². The number of amides is 1. The molecule has 2 aliphatic rings. The van der Waals surface area contributed by atoms with Crippen LogP contribution >= 0.6 is 12.4 Å². The molecule has 1 aliphatic heterocycles. The summed E-state index contributed by atoms with van der Waals surface area (Å²) in [4.78, 5) is 13.0. The zero-order chi connectivity index (χ0) is 19.4. The fraction of sp³-hybridized carbons (Fsp3) is 0.650. The number of nitrogens with one attached hydrogen (secondary N) is 1. The van der Waals surface area contributed by atoms with Gasteiger partial charge in [-0.3, -0.25) is 4.79 Å². The van der Waals surface area contributed by atoms with Crippen LogP contribution in [0.25, 0.3) is 0 Å². The highest BCUT2D eigenvalue weighted by Crippen LogP contribution is 2.27. The minimum Gasteiger partial charge on any atom is -0.353 e. The van der Waals surface area contributed by atoms with Gasteiger partial charge in [0.2, 0.25) is 15.9 Å². The summed E-state index contributed by atoms with van der Waals surface area (Å²) in [5, 5.41) is 3.19. The SMILES string of the molecule is Cc1ccc(S(=O)(=O)N2CCC(C(=O)NC3CCCCC3CN)CC2)cc1.Cl. The first kappa shape index (κ1) is 23.1. The molecule has 1 aromatic carbocycles. The number of benzene rings is 1. The number of nitrogens with two attached hydrogens (primary N) is 1. The van der Waals surface area contributed by atoms with Crippen molar-refractivity contribution < 1.29 is 13.2 Å². The van der Waals surface area contributed by atoms with Gasteiger partial charge in [-0.2, -0.15) is 4.31 Å². The van der Waals surface area contributed by atoms with Crippen molar-refractivity contribution in [3.8, 4) is 0 Å². The molecule has 2 atom stereocenters. The Kier molecular flexibility index (Phi) is 8.30. The van der Waals surface area contributed by atoms with Gasteiger partial charge in [-0.15, -0.1) is 12.4 Å². The predicted molar refractivity (Wildman–Crippen MR) is 113 cm³/mol. The van der Waals surface area contributed by atoms with Crippen molar-refractivity contribution >= 4 is 28.3 Å². The Bertz CT molecular complexity index is 746. The molecule has 1 aromatic rings. The average Bonchev–Trinajstić information content (AvgIpc) is 2.69. The monoisotopic (exact) mass is 429 g/mol. The number of hydrogen-bond acceptors (Lipinski definition) is 4. The highest BCUT2D eigenvalue weighted by atomic mass is 35.5. The number of sulfonamides is 1. The van der Waals surface area contributed by atoms with E-state index in [0.717, 1.165) is 24.8 Å². The molecule has 1 saturated heterocycles. The Morgan fingerprint density at radius 3 is 2.32 bits per heavy atom. The fourth-order valence-electron chi connectivity index (χ4n) is 4.20. The van der Waals surface area contributed by atoms with E-state index in [9.17, 15) is 13.2 Å². The molecule has 1 heterocycles. The summed E-state index contributed by atoms with van der Waals surface area (Å²) in [6.07, 6.45) is 5.52. The summed E-state index contributed by atoms with van der Waals surface area (Å²) in [7, 11) is -3.48. The highest BCUT2D eigenvalue weighted by Gasteiger charge is 2.34. The summed E-state index contributed by atoms with van der Waals surface area (Å²) < 4.78 is 27.1. The van der Waals surface area contributed by atoms with Gasteiger partial charge in [-0.05, 0) is 57.2 Å². The van der Waals surface area contributed by atoms with Crippen LogP contribution in [0.15, 0.2) is 29.2 Å². The largest absolute Gasteiger partial charge is 0.353 e. The summed E-state index contributed by atoms with van der Waals surface area (Å²) in [6, 6.07) is 7.10. The molecule has 1 amide bonds. The summed E-state index contributed by atoms with van der Waals surface area (Å²) in [6.45, 7) is 3.32. The van der Waals surface area contributed by atoms with Crippen molar-refractivity contribution in [3.63, 3.8) is 0 Å². The second kappa shape index (κ2) is 10.1. The van der Waals surface area contributed by atoms with Crippen LogP contribution < -0.4 is 11.1 Å². The third-order valence-corrected chi connectivity index (χ3v) is 7.94. The van der Waals surface area contributed by atoms with Crippen LogP contribution in [0.1, 0.15) is 44.1 Å². The molecule has 28 heavy (non-hydrogen) atoms. The molecule has 158 valence electrons. The summed E-state index contributed by atoms with van der Waals surface area (Å²) >= 11 is 0. The van der Waals surface area contributed by atoms with Gasteiger partial charge in [0.05, 0.1) is 4.90 Å². The highest BCUT2D eigenvalue weighted by molar-refractivity contribution is 7.89. The molecule has 3 rings (SSSR count). The third-order valence-electron chi connectivity index (χ3n) is 6.02. The maximum Gasteiger partial charge on any atom is 0.243 e. The molecule has 1 aliphatic carbocycles. The summed E-state index contributed by atoms with van der Waals surface area (Å²) in [5.74, 6) is 0.312. The molecule has 8 heteroatoms. The Balaban J connectivity index is 0.00000280. The van der Waals surface area contributed by atoms with Gasteiger partial charge in [-0.25, -0.2) is 8.42 Å². The van der Waals surface area contributed by atoms with E-state index in [4.69, 9.17) is 5.73 Å². The van der Waals surface area contributed by atoms with E-state index < -0.39 is 10.0 Å². The van der Waals surface area contributed by atoms with Crippen molar-refractivity contribution in [1.82, 2.24) is 9.62 Å². The van der Waals surface area contributed by atoms with Crippen LogP contribution in [0.5, 0.6) is 0 Å². The lowest BCUT2D eigenvalue weighted by Gasteiger charge is -2.34. The van der Waals surface area contributed by atoms with E-state index in [2.05, 4.69) is 5.32 Å². The standard InChI is InChI=1S/C20H31N3O3S.ClH/c1-15-6-8-18(9-7-15)27(25,26)23-12-10-16(11-13-23)20(24)22-19-5-3-2-4-17(19)14-21;/h6-9,16-17,19H,2-5,10-14,21H2,1H3,(H,22,24);1H. The van der Waals surface area contributed by atoms with Crippen LogP contribution in [0.2, 0.25) is 0 Å². The van der Waals surface area contributed by atoms with Crippen molar-refractivity contribution in [2.24, 2.45) is 17.6 Å². The minimum atomic E-state index is -3.48. The van der Waals surface area contributed by atoms with E-state index in [1.165, 1.54) is 10.7 Å². The normalized spacial score (nSPS) is 24.4. The second-order valence-electron chi connectivity index (χ2n) is 7.89. The number of hydrogen-bond donors (Lipinski definition) is 2. The molecule has 0 radical (unpaired) electrons. The van der Waals surface area contributed by atoms with Crippen molar-refractivity contribution in [3.05, 3.63) is 29.8 Å². The molecule has 6 nitrogen and oxygen atoms in total. The molecule has 2 unspecified atom stereocenters. The van der Waals surface area contributed by atoms with E-state index in [1.807, 2.05) is 19.1 Å². The maximum absolute atomic E-state index is 12.8. The smallest absolute Gasteiger partial charge is 0.243 e. The van der Waals surface area contributed by atoms with Crippen LogP contribution in [0, 0.1) is 18.8 Å². The molecule has 0 aromatic heterocycles. The van der Waals surface area contributed by atoms with Gasteiger partial charge < -0.3 is 11.1 Å². The lowest BCUT2D eigenvalue weighted by atomic mass is 9.84. The number of nitrogens with zero attached hydrogens (tertiary/aromatic N) is 1. The molecular weight excluding hydrogens is 398 g/mol. The van der Waals surface area contributed by atoms with E-state index >= 15 is 0 Å². The number of rotatable bonds is 5. The lowest BCUT2D eigenvalue weighted by Crippen LogP contribution is -2.49. The number of halogens is 1. The van der Waals surface area contributed by atoms with Crippen molar-refractivity contribution in [2.45, 2.75) is 56.4 Å². The third kappa shape index (κ3) is 5.26. The van der Waals surface area contributed by atoms with Crippen LogP contribution in [-0.4, -0.2) is 44.3 Å². The lowest BCUT2D eigenvalue weighted by molar-refractivity contribution is -0.127. The van der Waals surface area contributed by atoms with Crippen LogP contribution in [-0.2, 0) is 14.8 Å². The van der Waals surface area contributed by atoms with Gasteiger partial charge >= 0.3 is 0 Å². The molecule has 0 spiro atoms. The second-order valence-corrected chi connectivity index (χ2v) is 9.82. The van der Waals surface area contributed by atoms with Crippen LogP contribution in [0.4, 0.5) is 0 Å². The first-order valence-electron chi connectivity index (χ1n) is 9.99. The van der Waals surface area contributed by atoms with Gasteiger partial charge in [-0.1, -0.05) is 30.5 Å². The van der Waals surface area contributed by atoms with E-state index in [1.54, 1.807) is 12.1 Å². The average molecular weight is 430 g/mol. The van der Waals surface area contributed by atoms with Crippen molar-refractivity contribution in [2.75, 3.05) is 19.6 Å². The Morgan fingerprint density at radius 1 is 1.11 bits per heavy atom. The van der Waals surface area contributed by atoms with Gasteiger partial charge in [0.15, 0.2) is 0 Å². The first-order chi connectivity index (χ1) is 12.9. The number of carbonyl (C=O) groups excluding carboxylic acids is 1. The quantitative estimate of drug-likeness (QED) is 0.751. The predicted octanol–water partition coefficient (Wildman–Crippen LogP) is 2.45. The number of piperidine rings is 1. The Morgan fingerprint density at radius 2 is 1.71 bits per heavy atom. The molecule has 3 N–H and O–H groups in total. The summed E-state index contributed by atoms with van der Waals surface area (Å²) in [5.41, 5.74) is 6.88. The van der Waals surface area contributed by atoms with E-state index in [0.29, 0.717) is 43.3 Å². The van der Waals surface area contributed by atoms with E-state index in [-0.39, 0.29) is 30.3 Å². The zero-order valence-electron chi connectivity index (χ0n) is 16.5.